The molecule has 164 valence electrons. The van der Waals surface area contributed by atoms with E-state index in [4.69, 9.17) is 4.74 Å². The van der Waals surface area contributed by atoms with Crippen molar-refractivity contribution < 1.29 is 9.13 Å². The molecule has 1 aromatic carbocycles. The second-order valence-electron chi connectivity index (χ2n) is 7.44. The predicted molar refractivity (Wildman–Crippen MR) is 130 cm³/mol. The van der Waals surface area contributed by atoms with Gasteiger partial charge in [-0.1, -0.05) is 37.3 Å². The molecule has 2 N–H and O–H groups in total. The van der Waals surface area contributed by atoms with E-state index in [0.29, 0.717) is 31.5 Å². The maximum atomic E-state index is 13.9. The van der Waals surface area contributed by atoms with Crippen LogP contribution in [0.5, 0.6) is 0 Å². The van der Waals surface area contributed by atoms with E-state index in [1.807, 2.05) is 23.1 Å². The normalized spacial score (nSPS) is 17.4. The average Bonchev–Trinajstić information content (AvgIpc) is 3.20. The molecule has 3 rings (SSSR count). The number of halogens is 2. The third-order valence-corrected chi connectivity index (χ3v) is 4.92. The van der Waals surface area contributed by atoms with Gasteiger partial charge in [0.05, 0.1) is 13.2 Å². The van der Waals surface area contributed by atoms with Gasteiger partial charge in [0.2, 0.25) is 0 Å². The summed E-state index contributed by atoms with van der Waals surface area (Å²) in [4.78, 5) is 10.5. The van der Waals surface area contributed by atoms with E-state index in [-0.39, 0.29) is 35.8 Å². The van der Waals surface area contributed by atoms with E-state index in [0.717, 1.165) is 25.5 Å². The molecule has 1 aromatic heterocycles. The molecule has 1 fully saturated rings. The molecule has 0 radical (unpaired) electrons. The van der Waals surface area contributed by atoms with Crippen molar-refractivity contribution in [2.75, 3.05) is 38.2 Å². The van der Waals surface area contributed by atoms with Crippen molar-refractivity contribution >= 4 is 35.8 Å². The number of guanidine groups is 1. The Balaban J connectivity index is 0.00000320. The van der Waals surface area contributed by atoms with Crippen LogP contribution in [-0.2, 0) is 11.3 Å². The lowest BCUT2D eigenvalue weighted by molar-refractivity contribution is 0.0931. The van der Waals surface area contributed by atoms with E-state index in [2.05, 4.69) is 39.7 Å². The molecule has 0 spiro atoms. The van der Waals surface area contributed by atoms with E-state index in [1.54, 1.807) is 19.3 Å². The van der Waals surface area contributed by atoms with Crippen molar-refractivity contribution in [1.29, 1.82) is 0 Å². The Bertz CT molecular complexity index is 792. The van der Waals surface area contributed by atoms with Gasteiger partial charge in [-0.15, -0.1) is 24.0 Å². The van der Waals surface area contributed by atoms with Gasteiger partial charge in [-0.2, -0.15) is 0 Å². The van der Waals surface area contributed by atoms with Crippen LogP contribution in [-0.4, -0.2) is 50.3 Å². The summed E-state index contributed by atoms with van der Waals surface area (Å²) in [5, 5.41) is 6.79. The molecule has 0 saturated carbocycles. The number of hydrogen-bond acceptors (Lipinski definition) is 4. The zero-order valence-corrected chi connectivity index (χ0v) is 19.9. The van der Waals surface area contributed by atoms with Crippen molar-refractivity contribution in [3.8, 4) is 0 Å². The molecule has 2 atom stereocenters. The summed E-state index contributed by atoms with van der Waals surface area (Å²) >= 11 is 0. The standard InChI is InChI=1S/C22H30FN5O.HI/c1-17(15-29-16-18-7-4-3-5-8-18)13-26-22(24-2)27-19-10-12-28(14-19)21-20(23)9-6-11-25-21;/h3-9,11,17,19H,10,12-16H2,1-2H3,(H2,24,26,27);1H. The van der Waals surface area contributed by atoms with Crippen molar-refractivity contribution in [2.45, 2.75) is 26.0 Å². The highest BCUT2D eigenvalue weighted by Gasteiger charge is 2.25. The molecule has 2 aromatic rings. The van der Waals surface area contributed by atoms with Gasteiger partial charge in [-0.3, -0.25) is 4.99 Å². The Morgan fingerprint density at radius 2 is 2.10 bits per heavy atom. The summed E-state index contributed by atoms with van der Waals surface area (Å²) < 4.78 is 19.8. The molecule has 0 bridgehead atoms. The molecule has 6 nitrogen and oxygen atoms in total. The maximum Gasteiger partial charge on any atom is 0.191 e. The van der Waals surface area contributed by atoms with Crippen molar-refractivity contribution in [2.24, 2.45) is 10.9 Å². The van der Waals surface area contributed by atoms with Crippen LogP contribution in [0.1, 0.15) is 18.9 Å². The van der Waals surface area contributed by atoms with Crippen LogP contribution in [0, 0.1) is 11.7 Å². The van der Waals surface area contributed by atoms with Crippen LogP contribution < -0.4 is 15.5 Å². The minimum absolute atomic E-state index is 0. The number of aliphatic imine (C=N–C) groups is 1. The SMILES string of the molecule is CN=C(NCC(C)COCc1ccccc1)NC1CCN(c2ncccc2F)C1.I. The Morgan fingerprint density at radius 1 is 1.30 bits per heavy atom. The first-order valence-corrected chi connectivity index (χ1v) is 10.1. The molecule has 1 aliphatic heterocycles. The molecule has 1 aliphatic rings. The summed E-state index contributed by atoms with van der Waals surface area (Å²) in [5.41, 5.74) is 1.18. The zero-order valence-electron chi connectivity index (χ0n) is 17.6. The molecule has 30 heavy (non-hydrogen) atoms. The van der Waals surface area contributed by atoms with Gasteiger partial charge in [0.15, 0.2) is 17.6 Å². The largest absolute Gasteiger partial charge is 0.376 e. The fourth-order valence-electron chi connectivity index (χ4n) is 3.35. The number of nitrogens with zero attached hydrogens (tertiary/aromatic N) is 3. The van der Waals surface area contributed by atoms with Crippen LogP contribution in [0.15, 0.2) is 53.7 Å². The molecule has 2 unspecified atom stereocenters. The zero-order chi connectivity index (χ0) is 20.5. The number of rotatable bonds is 8. The summed E-state index contributed by atoms with van der Waals surface area (Å²) in [7, 11) is 1.76. The van der Waals surface area contributed by atoms with Gasteiger partial charge in [-0.05, 0) is 30.0 Å². The van der Waals surface area contributed by atoms with Crippen molar-refractivity contribution in [1.82, 2.24) is 15.6 Å². The van der Waals surface area contributed by atoms with Crippen LogP contribution in [0.25, 0.3) is 0 Å². The topological polar surface area (TPSA) is 61.8 Å². The third kappa shape index (κ3) is 7.39. The third-order valence-electron chi connectivity index (χ3n) is 4.92. The molecule has 0 aliphatic carbocycles. The van der Waals surface area contributed by atoms with Gasteiger partial charge in [0.1, 0.15) is 0 Å². The van der Waals surface area contributed by atoms with Gasteiger partial charge in [0.25, 0.3) is 0 Å². The number of pyridine rings is 1. The monoisotopic (exact) mass is 527 g/mol. The Kier molecular flexibility index (Phi) is 10.3. The minimum atomic E-state index is -0.278. The maximum absolute atomic E-state index is 13.9. The highest BCUT2D eigenvalue weighted by molar-refractivity contribution is 14.0. The number of ether oxygens (including phenoxy) is 1. The van der Waals surface area contributed by atoms with E-state index < -0.39 is 0 Å². The summed E-state index contributed by atoms with van der Waals surface area (Å²) in [6.45, 7) is 5.68. The Morgan fingerprint density at radius 3 is 2.83 bits per heavy atom. The molecule has 8 heteroatoms. The Hall–Kier alpha value is -1.94. The van der Waals surface area contributed by atoms with Crippen molar-refractivity contribution in [3.63, 3.8) is 0 Å². The van der Waals surface area contributed by atoms with Gasteiger partial charge >= 0.3 is 0 Å². The van der Waals surface area contributed by atoms with Gasteiger partial charge in [-0.25, -0.2) is 9.37 Å². The van der Waals surface area contributed by atoms with Crippen LogP contribution >= 0.6 is 24.0 Å². The second-order valence-corrected chi connectivity index (χ2v) is 7.44. The minimum Gasteiger partial charge on any atom is -0.376 e. The lowest BCUT2D eigenvalue weighted by Gasteiger charge is -2.21. The summed E-state index contributed by atoms with van der Waals surface area (Å²) in [6.07, 6.45) is 2.54. The number of nitrogens with one attached hydrogen (secondary N) is 2. The highest BCUT2D eigenvalue weighted by atomic mass is 127. The molecule has 2 heterocycles. The van der Waals surface area contributed by atoms with Crippen LogP contribution in [0.4, 0.5) is 10.2 Å². The lowest BCUT2D eigenvalue weighted by atomic mass is 10.2. The van der Waals surface area contributed by atoms with Gasteiger partial charge in [0, 0.05) is 38.9 Å². The lowest BCUT2D eigenvalue weighted by Crippen LogP contribution is -2.46. The number of benzene rings is 1. The number of aromatic nitrogens is 1. The Labute approximate surface area is 195 Å². The average molecular weight is 527 g/mol. The number of anilines is 1. The predicted octanol–water partition coefficient (Wildman–Crippen LogP) is 3.44. The fraction of sp³-hybridized carbons (Fsp3) is 0.455. The quantitative estimate of drug-likeness (QED) is 0.313. The fourth-order valence-corrected chi connectivity index (χ4v) is 3.35. The summed E-state index contributed by atoms with van der Waals surface area (Å²) in [6, 6.07) is 13.4. The van der Waals surface area contributed by atoms with Crippen molar-refractivity contribution in [3.05, 3.63) is 60.0 Å². The van der Waals surface area contributed by atoms with E-state index in [9.17, 15) is 4.39 Å². The first-order valence-electron chi connectivity index (χ1n) is 10.1. The van der Waals surface area contributed by atoms with Crippen LogP contribution in [0.3, 0.4) is 0 Å². The first kappa shape index (κ1) is 24.3. The van der Waals surface area contributed by atoms with Gasteiger partial charge < -0.3 is 20.3 Å². The smallest absolute Gasteiger partial charge is 0.191 e. The van der Waals surface area contributed by atoms with Crippen LogP contribution in [0.2, 0.25) is 0 Å². The summed E-state index contributed by atoms with van der Waals surface area (Å²) in [5.74, 6) is 1.25. The highest BCUT2D eigenvalue weighted by Crippen LogP contribution is 2.20. The first-order chi connectivity index (χ1) is 14.2. The molecule has 0 amide bonds. The molecular formula is C22H31FIN5O. The second kappa shape index (κ2) is 12.7. The van der Waals surface area contributed by atoms with E-state index in [1.165, 1.54) is 11.6 Å². The molecule has 1 saturated heterocycles. The molecular weight excluding hydrogens is 496 g/mol. The number of hydrogen-bond donors (Lipinski definition) is 2. The van der Waals surface area contributed by atoms with E-state index >= 15 is 0 Å².